The van der Waals surface area contributed by atoms with Crippen molar-refractivity contribution in [3.8, 4) is 0 Å². The van der Waals surface area contributed by atoms with Crippen molar-refractivity contribution in [3.05, 3.63) is 0 Å². The number of halogens is 21. The molecule has 0 saturated heterocycles. The summed E-state index contributed by atoms with van der Waals surface area (Å²) in [5.74, 6) is -77.3. The molecule has 0 aliphatic carbocycles. The third-order valence-electron chi connectivity index (χ3n) is 8.46. The van der Waals surface area contributed by atoms with Crippen LogP contribution in [0.15, 0.2) is 0 Å². The molecule has 70 heavy (non-hydrogen) atoms. The third kappa shape index (κ3) is 19.7. The van der Waals surface area contributed by atoms with Crippen LogP contribution in [0.2, 0.25) is 0 Å². The smallest absolute Gasteiger partial charge is 0.394 e. The summed E-state index contributed by atoms with van der Waals surface area (Å²) < 4.78 is 345. The molecule has 0 unspecified atom stereocenters. The summed E-state index contributed by atoms with van der Waals surface area (Å²) in [6, 6.07) is 0. The lowest BCUT2D eigenvalue weighted by atomic mass is 9.86. The van der Waals surface area contributed by atoms with Gasteiger partial charge >= 0.3 is 59.5 Å². The fraction of sp³-hybridized carbons (Fsp3) is 1.00. The van der Waals surface area contributed by atoms with Crippen LogP contribution in [-0.4, -0.2) is 230 Å². The first kappa shape index (κ1) is 68.0. The van der Waals surface area contributed by atoms with Crippen molar-refractivity contribution in [1.82, 2.24) is 0 Å². The molecule has 34 heteroatoms. The molecule has 0 aromatic rings. The Hall–Kier alpha value is -1.99. The molecule has 0 saturated carbocycles. The fourth-order valence-electron chi connectivity index (χ4n) is 4.53. The average Bonchev–Trinajstić information content (AvgIpc) is 3.26. The highest BCUT2D eigenvalue weighted by Gasteiger charge is 2.97. The second kappa shape index (κ2) is 31.7. The number of rotatable bonds is 46. The molecule has 0 spiro atoms. The summed E-state index contributed by atoms with van der Waals surface area (Å²) >= 11 is 0. The van der Waals surface area contributed by atoms with Crippen LogP contribution in [0.25, 0.3) is 0 Å². The molecule has 1 N–H and O–H groups in total. The molecule has 0 atom stereocenters. The lowest BCUT2D eigenvalue weighted by Gasteiger charge is -2.44. The van der Waals surface area contributed by atoms with Crippen molar-refractivity contribution < 1.29 is 154 Å². The van der Waals surface area contributed by atoms with E-state index >= 15 is 0 Å². The van der Waals surface area contributed by atoms with Crippen molar-refractivity contribution in [1.29, 1.82) is 0 Å². The zero-order chi connectivity index (χ0) is 53.9. The van der Waals surface area contributed by atoms with Crippen LogP contribution in [0.3, 0.4) is 0 Å². The number of aliphatic hydroxyl groups excluding tert-OH is 1. The molecule has 0 bridgehead atoms. The van der Waals surface area contributed by atoms with E-state index in [-0.39, 0.29) is 66.1 Å². The van der Waals surface area contributed by atoms with Gasteiger partial charge in [0.05, 0.1) is 165 Å². The highest BCUT2D eigenvalue weighted by Crippen LogP contribution is 2.66. The first-order valence-electron chi connectivity index (χ1n) is 20.3. The molecular formula is C36H53F21O13. The Morgan fingerprint density at radius 3 is 0.543 bits per heavy atom. The number of aliphatic hydroxyl groups is 1. The Labute approximate surface area is 385 Å². The highest BCUT2D eigenvalue weighted by molar-refractivity contribution is 5.18. The van der Waals surface area contributed by atoms with Crippen molar-refractivity contribution in [2.45, 2.75) is 65.9 Å². The van der Waals surface area contributed by atoms with E-state index in [4.69, 9.17) is 57.2 Å². The van der Waals surface area contributed by atoms with E-state index in [1.165, 1.54) is 0 Å². The zero-order valence-corrected chi connectivity index (χ0v) is 36.7. The van der Waals surface area contributed by atoms with Crippen LogP contribution in [-0.2, 0) is 56.8 Å². The molecule has 0 aromatic carbocycles. The van der Waals surface area contributed by atoms with E-state index in [1.54, 1.807) is 0 Å². The van der Waals surface area contributed by atoms with E-state index < -0.39 is 85.7 Å². The van der Waals surface area contributed by atoms with Gasteiger partial charge in [0, 0.05) is 6.42 Å². The first-order valence-corrected chi connectivity index (χ1v) is 20.3. The highest BCUT2D eigenvalue weighted by atomic mass is 19.4. The maximum Gasteiger partial charge on any atom is 0.460 e. The minimum Gasteiger partial charge on any atom is -0.394 e. The minimum atomic E-state index is -9.21. The van der Waals surface area contributed by atoms with Gasteiger partial charge < -0.3 is 61.9 Å². The van der Waals surface area contributed by atoms with Crippen LogP contribution in [0.5, 0.6) is 0 Å². The van der Waals surface area contributed by atoms with Gasteiger partial charge in [0.25, 0.3) is 0 Å². The minimum absolute atomic E-state index is 0.0133. The number of ether oxygens (including phenoxy) is 12. The molecule has 13 nitrogen and oxygen atoms in total. The topological polar surface area (TPSA) is 131 Å². The zero-order valence-electron chi connectivity index (χ0n) is 36.7. The Morgan fingerprint density at radius 1 is 0.200 bits per heavy atom. The van der Waals surface area contributed by atoms with Crippen molar-refractivity contribution in [3.63, 3.8) is 0 Å². The second-order valence-corrected chi connectivity index (χ2v) is 13.6. The van der Waals surface area contributed by atoms with Crippen molar-refractivity contribution >= 4 is 0 Å². The van der Waals surface area contributed by atoms with E-state index in [9.17, 15) is 92.2 Å². The van der Waals surface area contributed by atoms with Crippen LogP contribution in [0, 0.1) is 0 Å². The Balaban J connectivity index is 4.14. The molecule has 0 amide bonds. The van der Waals surface area contributed by atoms with Gasteiger partial charge in [0.2, 0.25) is 0 Å². The molecule has 0 radical (unpaired) electrons. The van der Waals surface area contributed by atoms with Gasteiger partial charge in [-0.3, -0.25) is 0 Å². The SMILES string of the molecule is OCCOCCOCCOCCOCCOCCOCCOCCOCCOCCOCCOCCOCCC(F)(F)C(F)(F)C(F)(F)C(F)(F)C(F)(F)C(F)(F)C(F)(F)C(F)(F)C(F)(F)C(F)(F)F. The summed E-state index contributed by atoms with van der Waals surface area (Å²) in [5.41, 5.74) is 0. The largest absolute Gasteiger partial charge is 0.460 e. The van der Waals surface area contributed by atoms with E-state index in [0.717, 1.165) is 0 Å². The maximum atomic E-state index is 14.0. The molecule has 0 aliphatic rings. The lowest BCUT2D eigenvalue weighted by Crippen LogP contribution is -2.76. The van der Waals surface area contributed by atoms with Gasteiger partial charge in [-0.1, -0.05) is 0 Å². The van der Waals surface area contributed by atoms with E-state index in [0.29, 0.717) is 79.3 Å². The van der Waals surface area contributed by atoms with Crippen LogP contribution in [0.1, 0.15) is 6.42 Å². The fourth-order valence-corrected chi connectivity index (χ4v) is 4.53. The average molecular weight is 1090 g/mol. The molecule has 422 valence electrons. The Morgan fingerprint density at radius 2 is 0.357 bits per heavy atom. The first-order chi connectivity index (χ1) is 32.3. The molecule has 0 rings (SSSR count). The summed E-state index contributed by atoms with van der Waals surface area (Å²) in [4.78, 5) is 0. The van der Waals surface area contributed by atoms with E-state index in [1.807, 2.05) is 0 Å². The van der Waals surface area contributed by atoms with Gasteiger partial charge in [-0.25, -0.2) is 0 Å². The van der Waals surface area contributed by atoms with Gasteiger partial charge in [-0.05, 0) is 0 Å². The second-order valence-electron chi connectivity index (χ2n) is 13.6. The molecule has 0 aromatic heterocycles. The monoisotopic (exact) mass is 1090 g/mol. The lowest BCUT2D eigenvalue weighted by molar-refractivity contribution is -0.474. The summed E-state index contributed by atoms with van der Waals surface area (Å²) in [5, 5.41) is 8.57. The normalized spacial score (nSPS) is 14.3. The van der Waals surface area contributed by atoms with Crippen molar-refractivity contribution in [2.75, 3.05) is 165 Å². The van der Waals surface area contributed by atoms with Crippen LogP contribution >= 0.6 is 0 Å². The number of alkyl halides is 21. The predicted molar refractivity (Wildman–Crippen MR) is 192 cm³/mol. The standard InChI is InChI=1S/C36H53F21O13/c37-27(38,28(39,40)29(41,42)30(43,44)31(45,46)32(47,48)33(49,50)34(51,52)35(53,54)36(55,56)57)1-3-59-5-7-61-9-11-63-13-15-65-17-19-67-21-23-69-25-26-70-24-22-68-20-18-66-16-14-64-12-10-62-8-6-60-4-2-58/h58H,1-26H2. The summed E-state index contributed by atoms with van der Waals surface area (Å²) in [7, 11) is 0. The quantitative estimate of drug-likeness (QED) is 0.0505. The van der Waals surface area contributed by atoms with Crippen molar-refractivity contribution in [2.24, 2.45) is 0 Å². The molecular weight excluding hydrogens is 1040 g/mol. The number of hydrogen-bond donors (Lipinski definition) is 1. The third-order valence-corrected chi connectivity index (χ3v) is 8.46. The van der Waals surface area contributed by atoms with Crippen LogP contribution < -0.4 is 0 Å². The maximum absolute atomic E-state index is 14.0. The van der Waals surface area contributed by atoms with Gasteiger partial charge in [-0.15, -0.1) is 0 Å². The van der Waals surface area contributed by atoms with Gasteiger partial charge in [0.15, 0.2) is 0 Å². The number of hydrogen-bond acceptors (Lipinski definition) is 13. The molecule has 0 heterocycles. The van der Waals surface area contributed by atoms with E-state index in [2.05, 4.69) is 4.74 Å². The van der Waals surface area contributed by atoms with Gasteiger partial charge in [0.1, 0.15) is 0 Å². The van der Waals surface area contributed by atoms with Crippen LogP contribution in [0.4, 0.5) is 92.2 Å². The summed E-state index contributed by atoms with van der Waals surface area (Å²) in [6.07, 6.45) is -10.9. The Bertz CT molecular complexity index is 1350. The molecule has 0 fully saturated rings. The molecule has 0 aliphatic heterocycles. The van der Waals surface area contributed by atoms with Gasteiger partial charge in [-0.2, -0.15) is 92.2 Å². The Kier molecular flexibility index (Phi) is 30.8. The predicted octanol–water partition coefficient (Wildman–Crippen LogP) is 6.85. The summed E-state index contributed by atoms with van der Waals surface area (Å²) in [6.45, 7) is 1.97.